The van der Waals surface area contributed by atoms with Gasteiger partial charge in [-0.2, -0.15) is 4.98 Å². The van der Waals surface area contributed by atoms with Gasteiger partial charge >= 0.3 is 0 Å². The van der Waals surface area contributed by atoms with Gasteiger partial charge in [-0.05, 0) is 38.3 Å². The quantitative estimate of drug-likeness (QED) is 0.486. The lowest BCUT2D eigenvalue weighted by atomic mass is 10.1. The molecule has 0 atom stereocenters. The number of nitrogens with one attached hydrogen (secondary N) is 2. The minimum absolute atomic E-state index is 0.680. The molecule has 0 radical (unpaired) electrons. The van der Waals surface area contributed by atoms with Crippen LogP contribution >= 0.6 is 0 Å². The first-order valence-corrected chi connectivity index (χ1v) is 7.88. The Bertz CT molecular complexity index is 663. The lowest BCUT2D eigenvalue weighted by Crippen LogP contribution is -2.37. The summed E-state index contributed by atoms with van der Waals surface area (Å²) in [5.41, 5.74) is 3.85. The fourth-order valence-electron chi connectivity index (χ4n) is 2.33. The van der Waals surface area contributed by atoms with E-state index in [1.165, 1.54) is 16.7 Å². The average Bonchev–Trinajstić information content (AvgIpc) is 2.93. The van der Waals surface area contributed by atoms with E-state index >= 15 is 0 Å². The highest BCUT2D eigenvalue weighted by atomic mass is 16.5. The molecule has 6 heteroatoms. The third-order valence-corrected chi connectivity index (χ3v) is 3.60. The summed E-state index contributed by atoms with van der Waals surface area (Å²) in [5.74, 6) is 2.16. The summed E-state index contributed by atoms with van der Waals surface area (Å²) in [6.45, 7) is 7.62. The van der Waals surface area contributed by atoms with Gasteiger partial charge in [0.05, 0.1) is 0 Å². The second kappa shape index (κ2) is 8.31. The highest BCUT2D eigenvalue weighted by Gasteiger charge is 2.04. The number of hydrogen-bond donors (Lipinski definition) is 2. The molecule has 2 N–H and O–H groups in total. The predicted octanol–water partition coefficient (Wildman–Crippen LogP) is 2.29. The van der Waals surface area contributed by atoms with Crippen LogP contribution in [0.2, 0.25) is 0 Å². The zero-order valence-corrected chi connectivity index (χ0v) is 14.3. The fraction of sp³-hybridized carbons (Fsp3) is 0.471. The second-order valence-corrected chi connectivity index (χ2v) is 5.62. The Labute approximate surface area is 137 Å². The van der Waals surface area contributed by atoms with Gasteiger partial charge in [0.1, 0.15) is 0 Å². The third-order valence-electron chi connectivity index (χ3n) is 3.60. The minimum atomic E-state index is 0.680. The van der Waals surface area contributed by atoms with Gasteiger partial charge in [0.15, 0.2) is 11.8 Å². The molecule has 0 amide bonds. The lowest BCUT2D eigenvalue weighted by Gasteiger charge is -2.13. The van der Waals surface area contributed by atoms with Crippen molar-refractivity contribution < 1.29 is 4.52 Å². The number of aryl methyl sites for hydroxylation is 4. The number of benzene rings is 1. The first-order valence-electron chi connectivity index (χ1n) is 7.88. The lowest BCUT2D eigenvalue weighted by molar-refractivity contribution is 0.372. The molecule has 2 rings (SSSR count). The summed E-state index contributed by atoms with van der Waals surface area (Å²) in [5, 5.41) is 10.4. The number of guanidine groups is 1. The Morgan fingerprint density at radius 3 is 2.70 bits per heavy atom. The average molecular weight is 315 g/mol. The molecular weight excluding hydrogens is 290 g/mol. The number of aliphatic imine (C=N–C) groups is 1. The van der Waals surface area contributed by atoms with Gasteiger partial charge in [0.2, 0.25) is 5.89 Å². The Balaban J connectivity index is 1.73. The van der Waals surface area contributed by atoms with Gasteiger partial charge in [-0.15, -0.1) is 0 Å². The van der Waals surface area contributed by atoms with Crippen LogP contribution in [-0.2, 0) is 13.0 Å². The van der Waals surface area contributed by atoms with E-state index in [1.807, 2.05) is 6.92 Å². The number of aromatic nitrogens is 2. The molecule has 2 aromatic rings. The smallest absolute Gasteiger partial charge is 0.226 e. The molecule has 0 saturated heterocycles. The van der Waals surface area contributed by atoms with Crippen LogP contribution in [0.25, 0.3) is 0 Å². The zero-order chi connectivity index (χ0) is 16.7. The SMILES string of the molecule is CN=C(NCCCc1nc(C)no1)NCc1ccc(C)cc1C. The second-order valence-electron chi connectivity index (χ2n) is 5.62. The van der Waals surface area contributed by atoms with Crippen LogP contribution in [0.5, 0.6) is 0 Å². The summed E-state index contributed by atoms with van der Waals surface area (Å²) < 4.78 is 5.09. The van der Waals surface area contributed by atoms with Crippen LogP contribution in [0.1, 0.15) is 34.8 Å². The minimum Gasteiger partial charge on any atom is -0.356 e. The molecule has 1 aromatic carbocycles. The summed E-state index contributed by atoms with van der Waals surface area (Å²) >= 11 is 0. The molecule has 0 aliphatic rings. The van der Waals surface area contributed by atoms with E-state index in [-0.39, 0.29) is 0 Å². The summed E-state index contributed by atoms with van der Waals surface area (Å²) in [4.78, 5) is 8.43. The molecule has 23 heavy (non-hydrogen) atoms. The van der Waals surface area contributed by atoms with E-state index < -0.39 is 0 Å². The van der Waals surface area contributed by atoms with Crippen molar-refractivity contribution in [3.63, 3.8) is 0 Å². The van der Waals surface area contributed by atoms with E-state index in [1.54, 1.807) is 7.05 Å². The maximum absolute atomic E-state index is 5.09. The van der Waals surface area contributed by atoms with Gasteiger partial charge in [0.25, 0.3) is 0 Å². The fourth-order valence-corrected chi connectivity index (χ4v) is 2.33. The maximum Gasteiger partial charge on any atom is 0.226 e. The summed E-state index contributed by atoms with van der Waals surface area (Å²) in [7, 11) is 1.78. The highest BCUT2D eigenvalue weighted by molar-refractivity contribution is 5.79. The molecule has 1 heterocycles. The van der Waals surface area contributed by atoms with Crippen LogP contribution in [0.15, 0.2) is 27.7 Å². The van der Waals surface area contributed by atoms with Crippen molar-refractivity contribution in [3.05, 3.63) is 46.6 Å². The molecule has 0 fully saturated rings. The van der Waals surface area contributed by atoms with Gasteiger partial charge in [-0.3, -0.25) is 4.99 Å². The molecular formula is C17H25N5O. The van der Waals surface area contributed by atoms with Crippen LogP contribution < -0.4 is 10.6 Å². The van der Waals surface area contributed by atoms with E-state index in [0.717, 1.165) is 31.9 Å². The highest BCUT2D eigenvalue weighted by Crippen LogP contribution is 2.09. The number of nitrogens with zero attached hydrogens (tertiary/aromatic N) is 3. The Hall–Kier alpha value is -2.37. The first kappa shape index (κ1) is 17.0. The monoisotopic (exact) mass is 315 g/mol. The zero-order valence-electron chi connectivity index (χ0n) is 14.3. The Morgan fingerprint density at radius 1 is 1.22 bits per heavy atom. The molecule has 124 valence electrons. The topological polar surface area (TPSA) is 75.3 Å². The normalized spacial score (nSPS) is 11.6. The van der Waals surface area contributed by atoms with Crippen molar-refractivity contribution in [1.29, 1.82) is 0 Å². The molecule has 0 saturated carbocycles. The number of rotatable bonds is 6. The van der Waals surface area contributed by atoms with E-state index in [4.69, 9.17) is 4.52 Å². The van der Waals surface area contributed by atoms with E-state index in [2.05, 4.69) is 57.8 Å². The molecule has 0 bridgehead atoms. The van der Waals surface area contributed by atoms with Crippen LogP contribution in [0, 0.1) is 20.8 Å². The molecule has 0 spiro atoms. The van der Waals surface area contributed by atoms with Crippen LogP contribution in [0.3, 0.4) is 0 Å². The van der Waals surface area contributed by atoms with Gasteiger partial charge in [-0.25, -0.2) is 0 Å². The van der Waals surface area contributed by atoms with Crippen molar-refractivity contribution in [2.24, 2.45) is 4.99 Å². The molecule has 0 aliphatic heterocycles. The molecule has 0 aliphatic carbocycles. The van der Waals surface area contributed by atoms with E-state index in [0.29, 0.717) is 11.7 Å². The van der Waals surface area contributed by atoms with Gasteiger partial charge in [0, 0.05) is 26.6 Å². The predicted molar refractivity (Wildman–Crippen MR) is 91.5 cm³/mol. The van der Waals surface area contributed by atoms with Gasteiger partial charge in [-0.1, -0.05) is 28.9 Å². The van der Waals surface area contributed by atoms with Crippen molar-refractivity contribution in [3.8, 4) is 0 Å². The van der Waals surface area contributed by atoms with Crippen molar-refractivity contribution in [2.45, 2.75) is 40.2 Å². The van der Waals surface area contributed by atoms with Crippen LogP contribution in [-0.4, -0.2) is 29.7 Å². The Kier molecular flexibility index (Phi) is 6.14. The third kappa shape index (κ3) is 5.39. The molecule has 6 nitrogen and oxygen atoms in total. The largest absolute Gasteiger partial charge is 0.356 e. The van der Waals surface area contributed by atoms with Crippen LogP contribution in [0.4, 0.5) is 0 Å². The molecule has 0 unspecified atom stereocenters. The van der Waals surface area contributed by atoms with Crippen molar-refractivity contribution in [1.82, 2.24) is 20.8 Å². The number of hydrogen-bond acceptors (Lipinski definition) is 4. The summed E-state index contributed by atoms with van der Waals surface area (Å²) in [6.07, 6.45) is 1.67. The first-order chi connectivity index (χ1) is 11.1. The van der Waals surface area contributed by atoms with Crippen molar-refractivity contribution >= 4 is 5.96 Å². The van der Waals surface area contributed by atoms with Gasteiger partial charge < -0.3 is 15.2 Å². The maximum atomic E-state index is 5.09. The van der Waals surface area contributed by atoms with E-state index in [9.17, 15) is 0 Å². The standard InChI is InChI=1S/C17H25N5O/c1-12-7-8-15(13(2)10-12)11-20-17(18-4)19-9-5-6-16-21-14(3)22-23-16/h7-8,10H,5-6,9,11H2,1-4H3,(H2,18,19,20). The van der Waals surface area contributed by atoms with Crippen molar-refractivity contribution in [2.75, 3.05) is 13.6 Å². The molecule has 1 aromatic heterocycles. The Morgan fingerprint density at radius 2 is 2.04 bits per heavy atom. The summed E-state index contributed by atoms with van der Waals surface area (Å²) in [6, 6.07) is 6.48.